The van der Waals surface area contributed by atoms with Gasteiger partial charge < -0.3 is 9.47 Å². The van der Waals surface area contributed by atoms with Gasteiger partial charge in [0.05, 0.1) is 17.3 Å². The predicted molar refractivity (Wildman–Crippen MR) is 240 cm³/mol. The Morgan fingerprint density at radius 1 is 0.607 bits per heavy atom. The molecule has 0 fully saturated rings. The first-order valence-corrected chi connectivity index (χ1v) is 19.1. The smallest absolute Gasteiger partial charge is 0.0637 e. The number of nitrogens with zero attached hydrogens (tertiary/aromatic N) is 2. The Hall–Kier alpha value is -7.16. The summed E-state index contributed by atoms with van der Waals surface area (Å²) in [6.45, 7) is 16.4. The maximum Gasteiger partial charge on any atom is 0.0637 e. The maximum absolute atomic E-state index is 4.37. The second-order valence-electron chi connectivity index (χ2n) is 14.4. The van der Waals surface area contributed by atoms with Crippen LogP contribution in [0.25, 0.3) is 50.5 Å². The predicted octanol–water partition coefficient (Wildman–Crippen LogP) is 14.1. The Morgan fingerprint density at radius 2 is 1.29 bits per heavy atom. The lowest BCUT2D eigenvalue weighted by Crippen LogP contribution is -2.30. The highest BCUT2D eigenvalue weighted by atomic mass is 15.2. The van der Waals surface area contributed by atoms with Crippen LogP contribution in [-0.4, -0.2) is 10.6 Å². The van der Waals surface area contributed by atoms with Crippen LogP contribution in [0.15, 0.2) is 226 Å². The summed E-state index contributed by atoms with van der Waals surface area (Å²) < 4.78 is 2.46. The van der Waals surface area contributed by atoms with Gasteiger partial charge in [-0.15, -0.1) is 0 Å². The van der Waals surface area contributed by atoms with E-state index in [4.69, 9.17) is 0 Å². The molecule has 1 aliphatic heterocycles. The lowest BCUT2D eigenvalue weighted by Gasteiger charge is -2.31. The van der Waals surface area contributed by atoms with E-state index >= 15 is 0 Å². The normalized spacial score (nSPS) is 15.7. The molecular formula is C54H42N2. The van der Waals surface area contributed by atoms with Crippen molar-refractivity contribution in [3.63, 3.8) is 0 Å². The second-order valence-corrected chi connectivity index (χ2v) is 14.4. The molecule has 1 aromatic heterocycles. The van der Waals surface area contributed by atoms with E-state index in [1.165, 1.54) is 55.7 Å². The lowest BCUT2D eigenvalue weighted by atomic mass is 9.82. The van der Waals surface area contributed by atoms with E-state index in [2.05, 4.69) is 200 Å². The Balaban J connectivity index is 1.10. The molecule has 2 atom stereocenters. The van der Waals surface area contributed by atoms with Gasteiger partial charge in [-0.1, -0.05) is 178 Å². The summed E-state index contributed by atoms with van der Waals surface area (Å²) in [4.78, 5) is 2.51. The number of rotatable bonds is 10. The van der Waals surface area contributed by atoms with E-state index in [0.717, 1.165) is 33.7 Å². The average Bonchev–Trinajstić information content (AvgIpc) is 3.78. The number of anilines is 2. The minimum Gasteiger partial charge on any atom is -0.333 e. The zero-order chi connectivity index (χ0) is 38.2. The van der Waals surface area contributed by atoms with E-state index in [0.29, 0.717) is 0 Å². The summed E-state index contributed by atoms with van der Waals surface area (Å²) in [5, 5.41) is 1.29. The third-order valence-electron chi connectivity index (χ3n) is 11.2. The summed E-state index contributed by atoms with van der Waals surface area (Å²) >= 11 is 0. The number of aromatic nitrogens is 1. The number of hydrogen-bond acceptors (Lipinski definition) is 1. The van der Waals surface area contributed by atoms with Crippen LogP contribution in [-0.2, 0) is 0 Å². The number of hydrogen-bond donors (Lipinski definition) is 0. The molecule has 0 saturated heterocycles. The molecule has 0 radical (unpaired) electrons. The van der Waals surface area contributed by atoms with Gasteiger partial charge in [-0.3, -0.25) is 0 Å². The highest BCUT2D eigenvalue weighted by Gasteiger charge is 2.43. The summed E-state index contributed by atoms with van der Waals surface area (Å²) in [5.41, 5.74) is 17.3. The van der Waals surface area contributed by atoms with Crippen LogP contribution in [0.3, 0.4) is 0 Å². The van der Waals surface area contributed by atoms with Crippen molar-refractivity contribution in [2.45, 2.75) is 12.0 Å². The number of allylic oxidation sites excluding steroid dienone is 8. The van der Waals surface area contributed by atoms with Crippen molar-refractivity contribution in [3.8, 4) is 27.9 Å². The van der Waals surface area contributed by atoms with Crippen molar-refractivity contribution < 1.29 is 0 Å². The molecule has 9 rings (SSSR count). The largest absolute Gasteiger partial charge is 0.333 e. The van der Waals surface area contributed by atoms with Crippen molar-refractivity contribution in [1.82, 2.24) is 4.57 Å². The number of fused-ring (bicyclic) bond motifs is 7. The third-order valence-corrected chi connectivity index (χ3v) is 11.2. The van der Waals surface area contributed by atoms with E-state index in [9.17, 15) is 0 Å². The average molecular weight is 719 g/mol. The van der Waals surface area contributed by atoms with Gasteiger partial charge in [0.1, 0.15) is 0 Å². The van der Waals surface area contributed by atoms with Crippen LogP contribution < -0.4 is 4.90 Å². The molecule has 1 aliphatic carbocycles. The van der Waals surface area contributed by atoms with Gasteiger partial charge in [0, 0.05) is 28.4 Å². The molecule has 56 heavy (non-hydrogen) atoms. The standard InChI is InChI=1S/C54H42N2/c1-5-7-17-37(3)38(4)46(16-6-2)42-30-32-44(33-31-42)55-49-24-13-11-22-47(49)53-51(55)34-35-52-54(53)48-23-12-14-25-50(48)56(52)45-21-15-20-43(36-45)41-28-26-40(27-29-41)39-18-9-8-10-19-39/h5-36,51,53H,1-4H2/b17-7-,46-16+. The van der Waals surface area contributed by atoms with Gasteiger partial charge in [0.2, 0.25) is 0 Å². The summed E-state index contributed by atoms with van der Waals surface area (Å²) in [6.07, 6.45) is 14.1. The van der Waals surface area contributed by atoms with E-state index in [1.54, 1.807) is 12.2 Å². The topological polar surface area (TPSA) is 8.17 Å². The molecular weight excluding hydrogens is 677 g/mol. The first-order chi connectivity index (χ1) is 27.6. The van der Waals surface area contributed by atoms with E-state index in [-0.39, 0.29) is 12.0 Å². The molecule has 2 heteroatoms. The first-order valence-electron chi connectivity index (χ1n) is 19.1. The fourth-order valence-corrected chi connectivity index (χ4v) is 8.60. The molecule has 2 nitrogen and oxygen atoms in total. The minimum atomic E-state index is 0.112. The quantitative estimate of drug-likeness (QED) is 0.128. The third kappa shape index (κ3) is 5.93. The first kappa shape index (κ1) is 34.6. The summed E-state index contributed by atoms with van der Waals surface area (Å²) in [5.74, 6) is 0.154. The second kappa shape index (κ2) is 14.6. The number of para-hydroxylation sites is 2. The molecule has 0 spiro atoms. The van der Waals surface area contributed by atoms with E-state index < -0.39 is 0 Å². The number of benzene rings is 6. The molecule has 7 aromatic rings. The van der Waals surface area contributed by atoms with Crippen LogP contribution in [0.4, 0.5) is 11.4 Å². The molecule has 268 valence electrons. The highest BCUT2D eigenvalue weighted by molar-refractivity contribution is 5.95. The minimum absolute atomic E-state index is 0.112. The molecule has 2 heterocycles. The molecule has 0 amide bonds. The fourth-order valence-electron chi connectivity index (χ4n) is 8.60. The summed E-state index contributed by atoms with van der Waals surface area (Å²) in [6, 6.07) is 55.2. The van der Waals surface area contributed by atoms with Gasteiger partial charge in [0.15, 0.2) is 0 Å². The Morgan fingerprint density at radius 3 is 2.05 bits per heavy atom. The van der Waals surface area contributed by atoms with Gasteiger partial charge in [-0.25, -0.2) is 0 Å². The summed E-state index contributed by atoms with van der Waals surface area (Å²) in [7, 11) is 0. The lowest BCUT2D eigenvalue weighted by molar-refractivity contribution is 0.725. The Labute approximate surface area is 330 Å². The van der Waals surface area contributed by atoms with Gasteiger partial charge in [-0.05, 0) is 98.1 Å². The molecule has 0 bridgehead atoms. The van der Waals surface area contributed by atoms with Crippen molar-refractivity contribution in [1.29, 1.82) is 0 Å². The van der Waals surface area contributed by atoms with Crippen molar-refractivity contribution in [2.24, 2.45) is 0 Å². The van der Waals surface area contributed by atoms with Crippen LogP contribution >= 0.6 is 0 Å². The highest BCUT2D eigenvalue weighted by Crippen LogP contribution is 2.54. The van der Waals surface area contributed by atoms with Gasteiger partial charge in [0.25, 0.3) is 0 Å². The van der Waals surface area contributed by atoms with Crippen LogP contribution in [0.1, 0.15) is 28.3 Å². The molecule has 6 aromatic carbocycles. The SMILES string of the molecule is C=C/C=C\C(=C)C(=C)/C(=C\C=C)c1ccc(N2c3ccccc3C3c4c(n(-c5cccc(-c6ccc(-c7ccccc7)cc6)c5)c5ccccc45)C=CC32)cc1. The maximum atomic E-state index is 4.37. The van der Waals surface area contributed by atoms with Crippen molar-refractivity contribution in [2.75, 3.05) is 4.90 Å². The zero-order valence-electron chi connectivity index (χ0n) is 31.4. The molecule has 2 aliphatic rings. The zero-order valence-corrected chi connectivity index (χ0v) is 31.4. The van der Waals surface area contributed by atoms with Crippen LogP contribution in [0, 0.1) is 0 Å². The van der Waals surface area contributed by atoms with Crippen LogP contribution in [0.2, 0.25) is 0 Å². The van der Waals surface area contributed by atoms with Crippen molar-refractivity contribution in [3.05, 3.63) is 248 Å². The van der Waals surface area contributed by atoms with Gasteiger partial charge >= 0.3 is 0 Å². The Bertz CT molecular complexity index is 2750. The Kier molecular flexibility index (Phi) is 9.01. The van der Waals surface area contributed by atoms with Crippen molar-refractivity contribution >= 4 is 33.9 Å². The molecule has 0 N–H and O–H groups in total. The monoisotopic (exact) mass is 718 g/mol. The molecule has 2 unspecified atom stereocenters. The molecule has 0 saturated carbocycles. The van der Waals surface area contributed by atoms with Gasteiger partial charge in [-0.2, -0.15) is 0 Å². The van der Waals surface area contributed by atoms with Crippen LogP contribution in [0.5, 0.6) is 0 Å². The van der Waals surface area contributed by atoms with E-state index in [1.807, 2.05) is 18.2 Å². The fraction of sp³-hybridized carbons (Fsp3) is 0.0370.